The molecule has 1 saturated heterocycles. The molecular weight excluding hydrogens is 652 g/mol. The maximum Gasteiger partial charge on any atom is 0.408 e. The number of hydrogen-bond acceptors (Lipinski definition) is 8. The number of amides is 3. The van der Waals surface area contributed by atoms with Gasteiger partial charge in [-0.3, -0.25) is 14.4 Å². The Bertz CT molecular complexity index is 1530. The number of carbonyl (C=O) groups excluding carboxylic acids is 4. The molecule has 0 saturated carbocycles. The van der Waals surface area contributed by atoms with Crippen molar-refractivity contribution in [2.45, 2.75) is 116 Å². The summed E-state index contributed by atoms with van der Waals surface area (Å²) in [4.78, 5) is 70.0. The largest absolute Gasteiger partial charge is 0.464 e. The molecule has 2 aromatic rings. The van der Waals surface area contributed by atoms with E-state index < -0.39 is 53.0 Å². The van der Waals surface area contributed by atoms with E-state index in [2.05, 4.69) is 33.8 Å². The van der Waals surface area contributed by atoms with Crippen molar-refractivity contribution < 1.29 is 37.4 Å². The number of nitrogens with one attached hydrogen (secondary N) is 3. The second-order valence-electron chi connectivity index (χ2n) is 12.9. The third-order valence-electron chi connectivity index (χ3n) is 7.63. The smallest absolute Gasteiger partial charge is 0.408 e. The van der Waals surface area contributed by atoms with Gasteiger partial charge in [-0.05, 0) is 78.4 Å². The van der Waals surface area contributed by atoms with Gasteiger partial charge in [-0.15, -0.1) is 13.2 Å². The first-order valence-electron chi connectivity index (χ1n) is 16.9. The van der Waals surface area contributed by atoms with Crippen LogP contribution in [0.2, 0.25) is 0 Å². The van der Waals surface area contributed by atoms with E-state index in [9.17, 15) is 32.8 Å². The minimum absolute atomic E-state index is 0.223. The second kappa shape index (κ2) is 19.5. The number of fused-ring (bicyclic) bond motifs is 2. The monoisotopic (exact) mass is 703 g/mol. The van der Waals surface area contributed by atoms with Gasteiger partial charge in [0, 0.05) is 13.5 Å². The van der Waals surface area contributed by atoms with E-state index in [1.807, 2.05) is 12.2 Å². The van der Waals surface area contributed by atoms with Crippen LogP contribution < -0.4 is 16.2 Å². The summed E-state index contributed by atoms with van der Waals surface area (Å²) in [6.07, 6.45) is 8.64. The Hall–Kier alpha value is -4.62. The van der Waals surface area contributed by atoms with Gasteiger partial charge in [-0.2, -0.15) is 8.78 Å². The van der Waals surface area contributed by atoms with Crippen LogP contribution in [0.1, 0.15) is 91.7 Å². The van der Waals surface area contributed by atoms with Crippen LogP contribution in [-0.2, 0) is 29.8 Å². The zero-order valence-corrected chi connectivity index (χ0v) is 29.7. The van der Waals surface area contributed by atoms with Crippen LogP contribution in [0.5, 0.6) is 0 Å². The van der Waals surface area contributed by atoms with Crippen molar-refractivity contribution >= 4 is 34.9 Å². The van der Waals surface area contributed by atoms with E-state index in [1.54, 1.807) is 52.0 Å². The molecule has 276 valence electrons. The maximum atomic E-state index is 13.4. The molecule has 3 N–H and O–H groups in total. The Morgan fingerprint density at radius 2 is 1.72 bits per heavy atom. The normalized spacial score (nSPS) is 21.0. The molecule has 0 radical (unpaired) electrons. The van der Waals surface area contributed by atoms with Crippen LogP contribution in [0.4, 0.5) is 13.6 Å². The standard InChI is InChI=1S/C24H39N3O6.C10H8F2N2O.C2H4/c1-5-32-22(30)18-14-11-9-7-6-8-10-13-17(26-23(31)33-24(2,3)4)21(29)27-16-12-15-19(27)20(28)25-18;1-10(11,12)8-9(15)14-7-5-3-2-4-6(7)13-8;1-2/h9,11,17-19H,5-8,10,12-16H2,1-4H3,(H,25,28)(H,26,31);2-5H,1H3,(H,14,15);1-2H2/b11-9-;;/t17-,18+,19-;;/m0../s1. The second-order valence-corrected chi connectivity index (χ2v) is 12.9. The minimum atomic E-state index is -3.22. The lowest BCUT2D eigenvalue weighted by molar-refractivity contribution is -0.148. The molecule has 12 nitrogen and oxygen atoms in total. The molecule has 1 aromatic heterocycles. The lowest BCUT2D eigenvalue weighted by Gasteiger charge is -2.30. The minimum Gasteiger partial charge on any atom is -0.464 e. The first-order chi connectivity index (χ1) is 23.6. The number of ether oxygens (including phenoxy) is 2. The van der Waals surface area contributed by atoms with Crippen LogP contribution in [0.15, 0.2) is 54.4 Å². The topological polar surface area (TPSA) is 160 Å². The molecule has 0 unspecified atom stereocenters. The van der Waals surface area contributed by atoms with Gasteiger partial charge in [-0.1, -0.05) is 37.1 Å². The van der Waals surface area contributed by atoms with E-state index in [0.717, 1.165) is 25.7 Å². The summed E-state index contributed by atoms with van der Waals surface area (Å²) < 4.78 is 36.4. The number of benzene rings is 1. The molecule has 0 bridgehead atoms. The number of H-pyrrole nitrogens is 1. The third-order valence-corrected chi connectivity index (χ3v) is 7.63. The third kappa shape index (κ3) is 13.0. The Morgan fingerprint density at radius 1 is 1.02 bits per heavy atom. The fraction of sp³-hybridized carbons (Fsp3) is 0.556. The van der Waals surface area contributed by atoms with Gasteiger partial charge in [0.1, 0.15) is 23.7 Å². The Balaban J connectivity index is 0.000000421. The number of alkyl halides is 2. The van der Waals surface area contributed by atoms with Gasteiger partial charge in [0.25, 0.3) is 11.5 Å². The molecule has 3 amide bonds. The molecule has 50 heavy (non-hydrogen) atoms. The predicted octanol–water partition coefficient (Wildman–Crippen LogP) is 5.67. The molecule has 3 atom stereocenters. The van der Waals surface area contributed by atoms with Gasteiger partial charge in [-0.25, -0.2) is 14.6 Å². The number of esters is 1. The van der Waals surface area contributed by atoms with Gasteiger partial charge < -0.3 is 30.0 Å². The summed E-state index contributed by atoms with van der Waals surface area (Å²) in [5, 5.41) is 5.50. The molecule has 0 aliphatic carbocycles. The van der Waals surface area contributed by atoms with E-state index in [4.69, 9.17) is 9.47 Å². The number of rotatable bonds is 4. The molecule has 14 heteroatoms. The first-order valence-corrected chi connectivity index (χ1v) is 16.9. The molecule has 1 fully saturated rings. The summed E-state index contributed by atoms with van der Waals surface area (Å²) in [6.45, 7) is 14.3. The number of carbonyl (C=O) groups is 4. The fourth-order valence-corrected chi connectivity index (χ4v) is 5.40. The van der Waals surface area contributed by atoms with E-state index >= 15 is 0 Å². The lowest BCUT2D eigenvalue weighted by atomic mass is 10.1. The summed E-state index contributed by atoms with van der Waals surface area (Å²) in [5.41, 5.74) is -1.47. The van der Waals surface area contributed by atoms with Crippen LogP contribution >= 0.6 is 0 Å². The number of halogens is 2. The SMILES string of the molecule is C=C.CC(F)(F)c1nc2ccccc2[nH]c1=O.CCOC(=O)[C@H]1C/C=C\CCCCC[C@H](NC(=O)OC(C)(C)C)C(=O)N2CCC[C@H]2C(=O)N1. The van der Waals surface area contributed by atoms with Crippen LogP contribution in [0, 0.1) is 0 Å². The summed E-state index contributed by atoms with van der Waals surface area (Å²) in [7, 11) is 0. The number of hydrogen-bond donors (Lipinski definition) is 3. The van der Waals surface area contributed by atoms with Crippen molar-refractivity contribution in [3.63, 3.8) is 0 Å². The molecule has 3 heterocycles. The van der Waals surface area contributed by atoms with Gasteiger partial charge in [0.15, 0.2) is 5.69 Å². The summed E-state index contributed by atoms with van der Waals surface area (Å²) in [6, 6.07) is 4.30. The zero-order chi connectivity index (χ0) is 37.5. The molecule has 2 aliphatic rings. The number of aromatic nitrogens is 2. The van der Waals surface area contributed by atoms with E-state index in [0.29, 0.717) is 50.2 Å². The van der Waals surface area contributed by atoms with E-state index in [1.165, 1.54) is 4.90 Å². The highest BCUT2D eigenvalue weighted by molar-refractivity contribution is 5.93. The Labute approximate surface area is 292 Å². The zero-order valence-electron chi connectivity index (χ0n) is 29.7. The lowest BCUT2D eigenvalue weighted by Crippen LogP contribution is -2.55. The highest BCUT2D eigenvalue weighted by Crippen LogP contribution is 2.23. The van der Waals surface area contributed by atoms with Crippen molar-refractivity contribution in [3.05, 3.63) is 65.6 Å². The van der Waals surface area contributed by atoms with E-state index in [-0.39, 0.29) is 18.4 Å². The average molecular weight is 704 g/mol. The molecule has 0 spiro atoms. The quantitative estimate of drug-likeness (QED) is 0.272. The fourth-order valence-electron chi connectivity index (χ4n) is 5.40. The highest BCUT2D eigenvalue weighted by atomic mass is 19.3. The van der Waals surface area contributed by atoms with Crippen molar-refractivity contribution in [2.75, 3.05) is 13.2 Å². The first kappa shape index (κ1) is 41.6. The number of aromatic amines is 1. The van der Waals surface area contributed by atoms with Crippen LogP contribution in [-0.4, -0.2) is 75.6 Å². The van der Waals surface area contributed by atoms with Gasteiger partial charge >= 0.3 is 12.1 Å². The van der Waals surface area contributed by atoms with Crippen molar-refractivity contribution in [3.8, 4) is 0 Å². The Kier molecular flexibility index (Phi) is 16.2. The maximum absolute atomic E-state index is 13.4. The van der Waals surface area contributed by atoms with Crippen molar-refractivity contribution in [1.29, 1.82) is 0 Å². The molecule has 4 rings (SSSR count). The van der Waals surface area contributed by atoms with Crippen LogP contribution in [0.25, 0.3) is 11.0 Å². The number of alkyl carbamates (subject to hydrolysis) is 1. The summed E-state index contributed by atoms with van der Waals surface area (Å²) >= 11 is 0. The number of para-hydroxylation sites is 2. The van der Waals surface area contributed by atoms with Crippen LogP contribution in [0.3, 0.4) is 0 Å². The highest BCUT2D eigenvalue weighted by Gasteiger charge is 2.39. The van der Waals surface area contributed by atoms with Gasteiger partial charge in [0.2, 0.25) is 11.8 Å². The number of nitrogens with zero attached hydrogens (tertiary/aromatic N) is 2. The van der Waals surface area contributed by atoms with Crippen molar-refractivity contribution in [1.82, 2.24) is 25.5 Å². The predicted molar refractivity (Wildman–Crippen MR) is 186 cm³/mol. The Morgan fingerprint density at radius 3 is 2.38 bits per heavy atom. The average Bonchev–Trinajstić information content (AvgIpc) is 3.54. The van der Waals surface area contributed by atoms with Gasteiger partial charge in [0.05, 0.1) is 17.6 Å². The molecule has 2 aliphatic heterocycles. The molecular formula is C36H51F2N5O7. The molecule has 1 aromatic carbocycles. The summed E-state index contributed by atoms with van der Waals surface area (Å²) in [5.74, 6) is -4.38. The number of allylic oxidation sites excluding steroid dienone is 1. The van der Waals surface area contributed by atoms with Crippen molar-refractivity contribution in [2.24, 2.45) is 0 Å².